The Hall–Kier alpha value is -3.22. The number of hydrogen-bond donors (Lipinski definition) is 3. The summed E-state index contributed by atoms with van der Waals surface area (Å²) < 4.78 is 13.4. The van der Waals surface area contributed by atoms with Crippen LogP contribution in [0.2, 0.25) is 0 Å². The van der Waals surface area contributed by atoms with E-state index in [1.165, 1.54) is 25.1 Å². The largest absolute Gasteiger partial charge is 0.480 e. The maximum Gasteiger partial charge on any atom is 0.326 e. The molecule has 0 aliphatic carbocycles. The van der Waals surface area contributed by atoms with Gasteiger partial charge in [-0.3, -0.25) is 9.59 Å². The van der Waals surface area contributed by atoms with Crippen LogP contribution >= 0.6 is 0 Å². The number of carboxylic acids is 1. The fourth-order valence-corrected chi connectivity index (χ4v) is 3.04. The molecule has 0 aromatic heterocycles. The number of carbonyl (C=O) groups excluding carboxylic acids is 2. The number of hydrogen-bond acceptors (Lipinski definition) is 3. The Morgan fingerprint density at radius 1 is 0.966 bits per heavy atom. The highest BCUT2D eigenvalue weighted by Gasteiger charge is 2.26. The zero-order valence-corrected chi connectivity index (χ0v) is 16.2. The summed E-state index contributed by atoms with van der Waals surface area (Å²) >= 11 is 0. The number of amides is 2. The third kappa shape index (κ3) is 7.73. The summed E-state index contributed by atoms with van der Waals surface area (Å²) in [4.78, 5) is 35.7. The summed E-state index contributed by atoms with van der Waals surface area (Å²) in [6, 6.07) is 13.3. The second kappa shape index (κ2) is 10.9. The maximum atomic E-state index is 13.4. The van der Waals surface area contributed by atoms with Crippen molar-refractivity contribution in [3.05, 3.63) is 71.5 Å². The predicted octanol–water partition coefficient (Wildman–Crippen LogP) is 2.47. The van der Waals surface area contributed by atoms with Crippen LogP contribution in [-0.2, 0) is 27.2 Å². The Morgan fingerprint density at radius 2 is 1.66 bits per heavy atom. The molecular weight excluding hydrogens is 375 g/mol. The van der Waals surface area contributed by atoms with E-state index in [0.717, 1.165) is 5.56 Å². The molecule has 0 bridgehead atoms. The lowest BCUT2D eigenvalue weighted by atomic mass is 10.0. The Morgan fingerprint density at radius 3 is 2.28 bits per heavy atom. The van der Waals surface area contributed by atoms with E-state index in [4.69, 9.17) is 0 Å². The van der Waals surface area contributed by atoms with Gasteiger partial charge in [0.15, 0.2) is 0 Å². The van der Waals surface area contributed by atoms with Crippen molar-refractivity contribution in [1.82, 2.24) is 10.6 Å². The van der Waals surface area contributed by atoms with Crippen LogP contribution in [0.4, 0.5) is 4.39 Å². The second-order valence-electron chi connectivity index (χ2n) is 6.86. The average Bonchev–Trinajstić information content (AvgIpc) is 2.67. The van der Waals surface area contributed by atoms with Gasteiger partial charge in [0.1, 0.15) is 17.9 Å². The Balaban J connectivity index is 1.99. The Bertz CT molecular complexity index is 842. The fourth-order valence-electron chi connectivity index (χ4n) is 3.04. The first-order valence-corrected chi connectivity index (χ1v) is 9.44. The molecule has 29 heavy (non-hydrogen) atoms. The first kappa shape index (κ1) is 22.1. The normalized spacial score (nSPS) is 12.6. The first-order chi connectivity index (χ1) is 13.8. The quantitative estimate of drug-likeness (QED) is 0.571. The number of nitrogens with one attached hydrogen (secondary N) is 2. The Labute approximate surface area is 169 Å². The van der Waals surface area contributed by atoms with Gasteiger partial charge in [0.2, 0.25) is 11.8 Å². The summed E-state index contributed by atoms with van der Waals surface area (Å²) in [5.41, 5.74) is 1.61. The van der Waals surface area contributed by atoms with Gasteiger partial charge in [-0.25, -0.2) is 9.18 Å². The van der Waals surface area contributed by atoms with Crippen LogP contribution in [0.25, 0.3) is 0 Å². The molecule has 0 heterocycles. The van der Waals surface area contributed by atoms with Gasteiger partial charge in [-0.15, -0.1) is 0 Å². The third-order valence-electron chi connectivity index (χ3n) is 4.44. The molecule has 6 nitrogen and oxygen atoms in total. The molecule has 0 fully saturated rings. The van der Waals surface area contributed by atoms with Gasteiger partial charge in [0, 0.05) is 13.3 Å². The van der Waals surface area contributed by atoms with Crippen molar-refractivity contribution in [2.75, 3.05) is 0 Å². The number of aliphatic carboxylic acids is 1. The lowest BCUT2D eigenvalue weighted by molar-refractivity contribution is -0.142. The summed E-state index contributed by atoms with van der Waals surface area (Å²) in [6.45, 7) is 1.26. The minimum atomic E-state index is -1.14. The molecule has 0 saturated carbocycles. The van der Waals surface area contributed by atoms with E-state index in [1.807, 2.05) is 30.3 Å². The molecule has 2 aromatic carbocycles. The van der Waals surface area contributed by atoms with Crippen LogP contribution < -0.4 is 10.6 Å². The predicted molar refractivity (Wildman–Crippen MR) is 107 cm³/mol. The van der Waals surface area contributed by atoms with Gasteiger partial charge in [-0.1, -0.05) is 42.5 Å². The van der Waals surface area contributed by atoms with E-state index in [0.29, 0.717) is 18.4 Å². The molecule has 2 aromatic rings. The third-order valence-corrected chi connectivity index (χ3v) is 4.44. The molecule has 0 aliphatic heterocycles. The monoisotopic (exact) mass is 400 g/mol. The summed E-state index contributed by atoms with van der Waals surface area (Å²) in [7, 11) is 0. The van der Waals surface area contributed by atoms with Crippen molar-refractivity contribution < 1.29 is 23.9 Å². The lowest BCUT2D eigenvalue weighted by Gasteiger charge is -2.21. The first-order valence-electron chi connectivity index (χ1n) is 9.44. The smallest absolute Gasteiger partial charge is 0.326 e. The number of halogens is 1. The highest BCUT2D eigenvalue weighted by molar-refractivity contribution is 5.90. The molecule has 0 unspecified atom stereocenters. The maximum absolute atomic E-state index is 13.4. The van der Waals surface area contributed by atoms with Crippen LogP contribution in [0.3, 0.4) is 0 Å². The van der Waals surface area contributed by atoms with Crippen LogP contribution in [0.15, 0.2) is 54.6 Å². The number of rotatable bonds is 10. The molecule has 2 atom stereocenters. The number of aryl methyl sites for hydroxylation is 1. The fraction of sp³-hybridized carbons (Fsp3) is 0.318. The van der Waals surface area contributed by atoms with Crippen LogP contribution in [0.1, 0.15) is 30.9 Å². The van der Waals surface area contributed by atoms with Gasteiger partial charge in [-0.2, -0.15) is 0 Å². The standard InChI is InChI=1S/C22H25FN2O4/c1-15(26)24-20(14-17-10-5-11-18(23)13-17)21(27)25-19(22(28)29)12-6-9-16-7-3-2-4-8-16/h2-5,7-8,10-11,13,19-20H,6,9,12,14H2,1H3,(H,24,26)(H,25,27)(H,28,29)/t19-,20-/m0/s1. The molecule has 0 radical (unpaired) electrons. The molecule has 0 spiro atoms. The van der Waals surface area contributed by atoms with E-state index in [1.54, 1.807) is 6.07 Å². The van der Waals surface area contributed by atoms with Crippen molar-refractivity contribution in [2.24, 2.45) is 0 Å². The van der Waals surface area contributed by atoms with Crippen molar-refractivity contribution >= 4 is 17.8 Å². The molecule has 0 saturated heterocycles. The number of carbonyl (C=O) groups is 3. The number of benzene rings is 2. The minimum absolute atomic E-state index is 0.0551. The average molecular weight is 400 g/mol. The lowest BCUT2D eigenvalue weighted by Crippen LogP contribution is -2.52. The summed E-state index contributed by atoms with van der Waals surface area (Å²) in [5, 5.41) is 14.5. The van der Waals surface area contributed by atoms with E-state index >= 15 is 0 Å². The van der Waals surface area contributed by atoms with Crippen molar-refractivity contribution in [2.45, 2.75) is 44.7 Å². The topological polar surface area (TPSA) is 95.5 Å². The van der Waals surface area contributed by atoms with Crippen LogP contribution in [-0.4, -0.2) is 35.0 Å². The highest BCUT2D eigenvalue weighted by atomic mass is 19.1. The van der Waals surface area contributed by atoms with Crippen LogP contribution in [0, 0.1) is 5.82 Å². The minimum Gasteiger partial charge on any atom is -0.480 e. The second-order valence-corrected chi connectivity index (χ2v) is 6.86. The zero-order chi connectivity index (χ0) is 21.2. The van der Waals surface area contributed by atoms with E-state index in [2.05, 4.69) is 10.6 Å². The van der Waals surface area contributed by atoms with Crippen molar-refractivity contribution in [1.29, 1.82) is 0 Å². The molecule has 7 heteroatoms. The van der Waals surface area contributed by atoms with Gasteiger partial charge < -0.3 is 15.7 Å². The van der Waals surface area contributed by atoms with Gasteiger partial charge in [0.05, 0.1) is 0 Å². The highest BCUT2D eigenvalue weighted by Crippen LogP contribution is 2.10. The van der Waals surface area contributed by atoms with Crippen molar-refractivity contribution in [3.63, 3.8) is 0 Å². The molecule has 2 amide bonds. The van der Waals surface area contributed by atoms with E-state index in [-0.39, 0.29) is 12.8 Å². The molecular formula is C22H25FN2O4. The van der Waals surface area contributed by atoms with Gasteiger partial charge in [-0.05, 0) is 42.5 Å². The SMILES string of the molecule is CC(=O)N[C@@H](Cc1cccc(F)c1)C(=O)N[C@@H](CCCc1ccccc1)C(=O)O. The molecule has 154 valence electrons. The van der Waals surface area contributed by atoms with E-state index in [9.17, 15) is 23.9 Å². The zero-order valence-electron chi connectivity index (χ0n) is 16.2. The van der Waals surface area contributed by atoms with E-state index < -0.39 is 35.7 Å². The van der Waals surface area contributed by atoms with Gasteiger partial charge in [0.25, 0.3) is 0 Å². The molecule has 0 aliphatic rings. The molecule has 3 N–H and O–H groups in total. The van der Waals surface area contributed by atoms with Crippen molar-refractivity contribution in [3.8, 4) is 0 Å². The number of carboxylic acid groups (broad SMARTS) is 1. The Kier molecular flexibility index (Phi) is 8.33. The summed E-state index contributed by atoms with van der Waals surface area (Å²) in [5.74, 6) is -2.64. The molecule has 2 rings (SSSR count). The van der Waals surface area contributed by atoms with Gasteiger partial charge >= 0.3 is 5.97 Å². The van der Waals surface area contributed by atoms with Crippen LogP contribution in [0.5, 0.6) is 0 Å². The summed E-state index contributed by atoms with van der Waals surface area (Å²) in [6.07, 6.45) is 1.58.